The molecule has 0 amide bonds. The molecule has 1 aliphatic rings. The first-order chi connectivity index (χ1) is 8.22. The molecule has 6 heteroatoms. The number of thioether (sulfide) groups is 1. The molecule has 0 aromatic carbocycles. The fourth-order valence-corrected chi connectivity index (χ4v) is 2.56. The summed E-state index contributed by atoms with van der Waals surface area (Å²) >= 11 is 1.94. The average molecular weight is 249 g/mol. The van der Waals surface area contributed by atoms with E-state index in [0.717, 1.165) is 23.8 Å². The van der Waals surface area contributed by atoms with Crippen LogP contribution >= 0.6 is 11.8 Å². The van der Waals surface area contributed by atoms with E-state index >= 15 is 0 Å². The van der Waals surface area contributed by atoms with E-state index in [2.05, 4.69) is 26.9 Å². The maximum Gasteiger partial charge on any atom is 0.178 e. The lowest BCUT2D eigenvalue weighted by Gasteiger charge is -2.13. The largest absolute Gasteiger partial charge is 0.367 e. The summed E-state index contributed by atoms with van der Waals surface area (Å²) in [6.07, 6.45) is 4.78. The molecule has 2 heterocycles. The van der Waals surface area contributed by atoms with Gasteiger partial charge >= 0.3 is 0 Å². The van der Waals surface area contributed by atoms with E-state index < -0.39 is 0 Å². The second kappa shape index (κ2) is 3.87. The summed E-state index contributed by atoms with van der Waals surface area (Å²) in [7, 11) is 0. The Hall–Kier alpha value is -1.30. The summed E-state index contributed by atoms with van der Waals surface area (Å²) in [4.78, 5) is 0. The molecule has 0 atom stereocenters. The third-order valence-electron chi connectivity index (χ3n) is 3.25. The fraction of sp³-hybridized carbons (Fsp3) is 0.545. The van der Waals surface area contributed by atoms with Gasteiger partial charge in [0.2, 0.25) is 0 Å². The highest BCUT2D eigenvalue weighted by atomic mass is 32.2. The number of aromatic nitrogens is 4. The van der Waals surface area contributed by atoms with Crippen molar-refractivity contribution in [3.05, 3.63) is 18.0 Å². The van der Waals surface area contributed by atoms with Crippen molar-refractivity contribution in [2.24, 2.45) is 0 Å². The maximum absolute atomic E-state index is 4.47. The van der Waals surface area contributed by atoms with Gasteiger partial charge in [0.1, 0.15) is 5.82 Å². The average Bonchev–Trinajstić information content (AvgIpc) is 3.06. The predicted molar refractivity (Wildman–Crippen MR) is 69.5 cm³/mol. The van der Waals surface area contributed by atoms with Gasteiger partial charge in [-0.3, -0.25) is 0 Å². The smallest absolute Gasteiger partial charge is 0.178 e. The monoisotopic (exact) mass is 249 g/mol. The normalized spacial score (nSPS) is 17.3. The van der Waals surface area contributed by atoms with Crippen molar-refractivity contribution in [3.8, 4) is 0 Å². The van der Waals surface area contributed by atoms with Crippen molar-refractivity contribution < 1.29 is 0 Å². The number of aryl methyl sites for hydroxylation is 1. The number of nitrogens with zero attached hydrogens (tertiary/aromatic N) is 4. The molecule has 3 rings (SSSR count). The van der Waals surface area contributed by atoms with Crippen molar-refractivity contribution in [2.45, 2.75) is 24.5 Å². The first-order valence-electron chi connectivity index (χ1n) is 5.71. The third-order valence-corrected chi connectivity index (χ3v) is 4.67. The summed E-state index contributed by atoms with van der Waals surface area (Å²) in [5.74, 6) is 1.70. The Morgan fingerprint density at radius 2 is 2.24 bits per heavy atom. The molecule has 0 spiro atoms. The molecule has 90 valence electrons. The first-order valence-corrected chi connectivity index (χ1v) is 6.93. The molecule has 0 aliphatic heterocycles. The highest BCUT2D eigenvalue weighted by Gasteiger charge is 2.41. The molecule has 0 unspecified atom stereocenters. The van der Waals surface area contributed by atoms with E-state index in [0.29, 0.717) is 4.75 Å². The quantitative estimate of drug-likeness (QED) is 0.894. The molecule has 0 saturated heterocycles. The molecule has 2 aromatic rings. The Labute approximate surface area is 104 Å². The summed E-state index contributed by atoms with van der Waals surface area (Å²) in [5, 5.41) is 15.9. The fourth-order valence-electron chi connectivity index (χ4n) is 1.83. The maximum atomic E-state index is 4.47. The SMILES string of the molecule is CSC1(CNc2ccc3nnc(C)n3n2)CC1. The van der Waals surface area contributed by atoms with Crippen LogP contribution < -0.4 is 5.32 Å². The van der Waals surface area contributed by atoms with Crippen molar-refractivity contribution in [1.29, 1.82) is 0 Å². The summed E-state index contributed by atoms with van der Waals surface area (Å²) < 4.78 is 2.21. The van der Waals surface area contributed by atoms with Crippen molar-refractivity contribution >= 4 is 23.2 Å². The minimum Gasteiger partial charge on any atom is -0.367 e. The van der Waals surface area contributed by atoms with Gasteiger partial charge in [-0.2, -0.15) is 16.3 Å². The second-order valence-electron chi connectivity index (χ2n) is 4.48. The third kappa shape index (κ3) is 1.97. The highest BCUT2D eigenvalue weighted by molar-refractivity contribution is 8.00. The van der Waals surface area contributed by atoms with Gasteiger partial charge in [-0.15, -0.1) is 15.3 Å². The second-order valence-corrected chi connectivity index (χ2v) is 5.75. The lowest BCUT2D eigenvalue weighted by Crippen LogP contribution is -2.18. The molecular formula is C11H15N5S. The molecule has 2 aromatic heterocycles. The van der Waals surface area contributed by atoms with E-state index in [1.54, 1.807) is 4.52 Å². The van der Waals surface area contributed by atoms with Gasteiger partial charge in [0.15, 0.2) is 11.5 Å². The van der Waals surface area contributed by atoms with Gasteiger partial charge in [-0.1, -0.05) is 0 Å². The van der Waals surface area contributed by atoms with Crippen LogP contribution in [0.1, 0.15) is 18.7 Å². The van der Waals surface area contributed by atoms with E-state index in [1.807, 2.05) is 30.8 Å². The molecule has 1 aliphatic carbocycles. The van der Waals surface area contributed by atoms with Crippen LogP contribution in [0.2, 0.25) is 0 Å². The van der Waals surface area contributed by atoms with Crippen LogP contribution in [0.4, 0.5) is 5.82 Å². The van der Waals surface area contributed by atoms with Gasteiger partial charge in [-0.25, -0.2) is 0 Å². The van der Waals surface area contributed by atoms with Gasteiger partial charge < -0.3 is 5.32 Å². The number of fused-ring (bicyclic) bond motifs is 1. The Morgan fingerprint density at radius 3 is 2.94 bits per heavy atom. The molecule has 0 radical (unpaired) electrons. The number of nitrogens with one attached hydrogen (secondary N) is 1. The zero-order chi connectivity index (χ0) is 11.9. The van der Waals surface area contributed by atoms with Crippen molar-refractivity contribution in [1.82, 2.24) is 19.8 Å². The molecule has 5 nitrogen and oxygen atoms in total. The zero-order valence-corrected chi connectivity index (χ0v) is 10.8. The van der Waals surface area contributed by atoms with Crippen LogP contribution in [0.25, 0.3) is 5.65 Å². The van der Waals surface area contributed by atoms with Gasteiger partial charge in [0.05, 0.1) is 0 Å². The van der Waals surface area contributed by atoms with E-state index in [4.69, 9.17) is 0 Å². The van der Waals surface area contributed by atoms with Crippen LogP contribution in [0.3, 0.4) is 0 Å². The van der Waals surface area contributed by atoms with Crippen molar-refractivity contribution in [3.63, 3.8) is 0 Å². The molecular weight excluding hydrogens is 234 g/mol. The molecule has 1 fully saturated rings. The number of hydrogen-bond donors (Lipinski definition) is 1. The highest BCUT2D eigenvalue weighted by Crippen LogP contribution is 2.46. The molecule has 0 bridgehead atoms. The Balaban J connectivity index is 1.78. The molecule has 17 heavy (non-hydrogen) atoms. The minimum atomic E-state index is 0.443. The minimum absolute atomic E-state index is 0.443. The summed E-state index contributed by atoms with van der Waals surface area (Å²) in [6.45, 7) is 2.88. The van der Waals surface area contributed by atoms with Crippen LogP contribution in [-0.4, -0.2) is 37.4 Å². The van der Waals surface area contributed by atoms with Crippen LogP contribution in [0, 0.1) is 6.92 Å². The number of rotatable bonds is 4. The Kier molecular flexibility index (Phi) is 2.47. The van der Waals surface area contributed by atoms with Crippen molar-refractivity contribution in [2.75, 3.05) is 18.1 Å². The number of anilines is 1. The van der Waals surface area contributed by atoms with Gasteiger partial charge in [0, 0.05) is 11.3 Å². The summed E-state index contributed by atoms with van der Waals surface area (Å²) in [5.41, 5.74) is 0.791. The standard InChI is InChI=1S/C11H15N5S/c1-8-13-14-10-4-3-9(15-16(8)10)12-7-11(17-2)5-6-11/h3-4H,5-7H2,1-2H3,(H,12,15). The first kappa shape index (κ1) is 10.8. The number of hydrogen-bond acceptors (Lipinski definition) is 5. The van der Waals surface area contributed by atoms with Gasteiger partial charge in [-0.05, 0) is 38.2 Å². The summed E-state index contributed by atoms with van der Waals surface area (Å²) in [6, 6.07) is 3.90. The zero-order valence-electron chi connectivity index (χ0n) is 9.97. The van der Waals surface area contributed by atoms with E-state index in [9.17, 15) is 0 Å². The molecule has 1 saturated carbocycles. The lowest BCUT2D eigenvalue weighted by molar-refractivity contribution is 0.860. The lowest BCUT2D eigenvalue weighted by atomic mass is 10.4. The van der Waals surface area contributed by atoms with Crippen LogP contribution in [-0.2, 0) is 0 Å². The topological polar surface area (TPSA) is 55.1 Å². The van der Waals surface area contributed by atoms with E-state index in [1.165, 1.54) is 12.8 Å². The van der Waals surface area contributed by atoms with Crippen LogP contribution in [0.5, 0.6) is 0 Å². The van der Waals surface area contributed by atoms with E-state index in [-0.39, 0.29) is 0 Å². The Morgan fingerprint density at radius 1 is 1.41 bits per heavy atom. The molecule has 1 N–H and O–H groups in total. The Bertz CT molecular complexity index is 546. The van der Waals surface area contributed by atoms with Crippen LogP contribution in [0.15, 0.2) is 12.1 Å². The van der Waals surface area contributed by atoms with Gasteiger partial charge in [0.25, 0.3) is 0 Å². The predicted octanol–water partition coefficient (Wildman–Crippen LogP) is 1.74.